The fourth-order valence-electron chi connectivity index (χ4n) is 4.24. The number of amides is 3. The average Bonchev–Trinajstić information content (AvgIpc) is 2.92. The van der Waals surface area contributed by atoms with Gasteiger partial charge in [-0.1, -0.05) is 42.5 Å². The second kappa shape index (κ2) is 14.8. The topological polar surface area (TPSA) is 126 Å². The normalized spacial score (nSPS) is 15.1. The standard InChI is InChI=1S/C28H36N4O6/c1-20-14-22(8-9-25(20)37-2)16-24(28(36)30-23(19-33)15-21-6-4-3-5-7-21)31-26(34)17-29-27(35)18-32-10-12-38-13-11-32/h3-9,14,19,23-24H,10-13,15-18H2,1-2H3,(H,29,35)(H,30,36)(H,31,34)/t23-,24?/m0/s1. The van der Waals surface area contributed by atoms with Crippen LogP contribution < -0.4 is 20.7 Å². The molecule has 3 N–H and O–H groups in total. The summed E-state index contributed by atoms with van der Waals surface area (Å²) in [6.07, 6.45) is 1.21. The molecule has 1 heterocycles. The second-order valence-corrected chi connectivity index (χ2v) is 9.23. The maximum Gasteiger partial charge on any atom is 0.243 e. The molecule has 0 aromatic heterocycles. The van der Waals surface area contributed by atoms with Gasteiger partial charge >= 0.3 is 0 Å². The smallest absolute Gasteiger partial charge is 0.243 e. The molecule has 1 aliphatic rings. The van der Waals surface area contributed by atoms with Crippen molar-refractivity contribution in [2.75, 3.05) is 46.5 Å². The number of aldehydes is 1. The fraction of sp³-hybridized carbons (Fsp3) is 0.429. The van der Waals surface area contributed by atoms with Crippen LogP contribution >= 0.6 is 0 Å². The van der Waals surface area contributed by atoms with Gasteiger partial charge in [-0.05, 0) is 36.1 Å². The Hall–Kier alpha value is -3.76. The third kappa shape index (κ3) is 9.28. The van der Waals surface area contributed by atoms with Crippen LogP contribution in [0.3, 0.4) is 0 Å². The Bertz CT molecular complexity index is 1090. The van der Waals surface area contributed by atoms with Gasteiger partial charge in [-0.3, -0.25) is 19.3 Å². The summed E-state index contributed by atoms with van der Waals surface area (Å²) in [7, 11) is 1.58. The minimum atomic E-state index is -0.954. The molecule has 2 atom stereocenters. The molecule has 10 nitrogen and oxygen atoms in total. The van der Waals surface area contributed by atoms with Gasteiger partial charge < -0.3 is 30.2 Å². The molecule has 2 aromatic carbocycles. The summed E-state index contributed by atoms with van der Waals surface area (Å²) in [4.78, 5) is 51.9. The van der Waals surface area contributed by atoms with Crippen LogP contribution in [0.2, 0.25) is 0 Å². The van der Waals surface area contributed by atoms with E-state index < -0.39 is 23.9 Å². The Balaban J connectivity index is 1.63. The van der Waals surface area contributed by atoms with Gasteiger partial charge in [0.25, 0.3) is 0 Å². The molecule has 1 saturated heterocycles. The van der Waals surface area contributed by atoms with Crippen LogP contribution in [-0.2, 0) is 36.8 Å². The lowest BCUT2D eigenvalue weighted by atomic mass is 10.0. The second-order valence-electron chi connectivity index (χ2n) is 9.23. The first-order chi connectivity index (χ1) is 18.4. The zero-order valence-corrected chi connectivity index (χ0v) is 21.9. The van der Waals surface area contributed by atoms with Crippen LogP contribution in [-0.4, -0.2) is 87.5 Å². The summed E-state index contributed by atoms with van der Waals surface area (Å²) in [5, 5.41) is 8.07. The summed E-state index contributed by atoms with van der Waals surface area (Å²) in [5.74, 6) is -0.556. The van der Waals surface area contributed by atoms with Gasteiger partial charge in [0.1, 0.15) is 18.1 Å². The van der Waals surface area contributed by atoms with E-state index in [0.29, 0.717) is 44.8 Å². The number of aryl methyl sites for hydroxylation is 1. The quantitative estimate of drug-likeness (QED) is 0.324. The van der Waals surface area contributed by atoms with Crippen molar-refractivity contribution in [1.29, 1.82) is 0 Å². The number of rotatable bonds is 13. The number of benzene rings is 2. The zero-order chi connectivity index (χ0) is 27.3. The van der Waals surface area contributed by atoms with Gasteiger partial charge in [0.15, 0.2) is 0 Å². The molecule has 3 amide bonds. The largest absolute Gasteiger partial charge is 0.496 e. The van der Waals surface area contributed by atoms with Crippen molar-refractivity contribution in [3.63, 3.8) is 0 Å². The van der Waals surface area contributed by atoms with E-state index >= 15 is 0 Å². The Morgan fingerprint density at radius 1 is 1.00 bits per heavy atom. The molecule has 10 heteroatoms. The molecule has 0 spiro atoms. The van der Waals surface area contributed by atoms with Crippen molar-refractivity contribution in [2.24, 2.45) is 0 Å². The number of carbonyl (C=O) groups is 4. The number of nitrogens with one attached hydrogen (secondary N) is 3. The molecule has 0 radical (unpaired) electrons. The highest BCUT2D eigenvalue weighted by molar-refractivity contribution is 5.91. The van der Waals surface area contributed by atoms with Crippen molar-refractivity contribution in [3.8, 4) is 5.75 Å². The Kier molecular flexibility index (Phi) is 11.3. The Morgan fingerprint density at radius 3 is 2.39 bits per heavy atom. The number of morpholine rings is 1. The average molecular weight is 525 g/mol. The lowest BCUT2D eigenvalue weighted by molar-refractivity contribution is -0.131. The molecule has 3 rings (SSSR count). The highest BCUT2D eigenvalue weighted by Gasteiger charge is 2.24. The first-order valence-corrected chi connectivity index (χ1v) is 12.7. The first kappa shape index (κ1) is 28.8. The van der Waals surface area contributed by atoms with E-state index in [2.05, 4.69) is 16.0 Å². The monoisotopic (exact) mass is 524 g/mol. The van der Waals surface area contributed by atoms with Crippen LogP contribution in [0, 0.1) is 6.92 Å². The number of carbonyl (C=O) groups excluding carboxylic acids is 4. The minimum absolute atomic E-state index is 0.173. The summed E-state index contributed by atoms with van der Waals surface area (Å²) < 4.78 is 10.6. The minimum Gasteiger partial charge on any atom is -0.496 e. The predicted octanol–water partition coefficient (Wildman–Crippen LogP) is 0.406. The van der Waals surface area contributed by atoms with Gasteiger partial charge in [-0.15, -0.1) is 0 Å². The van der Waals surface area contributed by atoms with Crippen LogP contribution in [0.5, 0.6) is 5.75 Å². The Morgan fingerprint density at radius 2 is 1.74 bits per heavy atom. The third-order valence-corrected chi connectivity index (χ3v) is 6.26. The van der Waals surface area contributed by atoms with E-state index in [1.807, 2.05) is 54.3 Å². The van der Waals surface area contributed by atoms with Gasteiger partial charge in [0.2, 0.25) is 17.7 Å². The molecule has 0 saturated carbocycles. The molecule has 1 fully saturated rings. The number of hydrogen-bond donors (Lipinski definition) is 3. The van der Waals surface area contributed by atoms with E-state index in [-0.39, 0.29) is 25.4 Å². The highest BCUT2D eigenvalue weighted by atomic mass is 16.5. The van der Waals surface area contributed by atoms with Crippen molar-refractivity contribution >= 4 is 24.0 Å². The molecule has 204 valence electrons. The van der Waals surface area contributed by atoms with Crippen molar-refractivity contribution < 1.29 is 28.7 Å². The summed E-state index contributed by atoms with van der Waals surface area (Å²) in [6.45, 7) is 4.25. The predicted molar refractivity (Wildman–Crippen MR) is 142 cm³/mol. The van der Waals surface area contributed by atoms with Crippen LogP contribution in [0.1, 0.15) is 16.7 Å². The molecule has 0 bridgehead atoms. The van der Waals surface area contributed by atoms with E-state index in [1.54, 1.807) is 13.2 Å². The van der Waals surface area contributed by atoms with Crippen LogP contribution in [0.4, 0.5) is 0 Å². The zero-order valence-electron chi connectivity index (χ0n) is 21.9. The molecule has 1 aliphatic heterocycles. The highest BCUT2D eigenvalue weighted by Crippen LogP contribution is 2.19. The number of hydrogen-bond acceptors (Lipinski definition) is 7. The van der Waals surface area contributed by atoms with Crippen LogP contribution in [0.25, 0.3) is 0 Å². The number of methoxy groups -OCH3 is 1. The van der Waals surface area contributed by atoms with Gasteiger partial charge in [0.05, 0.1) is 39.5 Å². The lowest BCUT2D eigenvalue weighted by Crippen LogP contribution is -2.53. The van der Waals surface area contributed by atoms with Gasteiger partial charge in [-0.25, -0.2) is 0 Å². The Labute approximate surface area is 223 Å². The maximum atomic E-state index is 13.2. The van der Waals surface area contributed by atoms with Crippen LogP contribution in [0.15, 0.2) is 48.5 Å². The van der Waals surface area contributed by atoms with E-state index in [1.165, 1.54) is 0 Å². The van der Waals surface area contributed by atoms with Crippen molar-refractivity contribution in [1.82, 2.24) is 20.9 Å². The molecular weight excluding hydrogens is 488 g/mol. The van der Waals surface area contributed by atoms with E-state index in [4.69, 9.17) is 9.47 Å². The van der Waals surface area contributed by atoms with E-state index in [0.717, 1.165) is 16.7 Å². The summed E-state index contributed by atoms with van der Waals surface area (Å²) in [5.41, 5.74) is 2.60. The molecule has 1 unspecified atom stereocenters. The molecule has 0 aliphatic carbocycles. The number of nitrogens with zero attached hydrogens (tertiary/aromatic N) is 1. The van der Waals surface area contributed by atoms with Crippen molar-refractivity contribution in [2.45, 2.75) is 31.8 Å². The molecular formula is C28H36N4O6. The van der Waals surface area contributed by atoms with Gasteiger partial charge in [0, 0.05) is 19.5 Å². The number of ether oxygens (including phenoxy) is 2. The SMILES string of the molecule is COc1ccc(CC(NC(=O)CNC(=O)CN2CCOCC2)C(=O)N[C@H](C=O)Cc2ccccc2)cc1C. The molecule has 2 aromatic rings. The van der Waals surface area contributed by atoms with Crippen molar-refractivity contribution in [3.05, 3.63) is 65.2 Å². The maximum absolute atomic E-state index is 13.2. The summed E-state index contributed by atoms with van der Waals surface area (Å²) in [6, 6.07) is 13.2. The lowest BCUT2D eigenvalue weighted by Gasteiger charge is -2.25. The molecule has 38 heavy (non-hydrogen) atoms. The summed E-state index contributed by atoms with van der Waals surface area (Å²) >= 11 is 0. The van der Waals surface area contributed by atoms with E-state index in [9.17, 15) is 19.2 Å². The fourth-order valence-corrected chi connectivity index (χ4v) is 4.24. The third-order valence-electron chi connectivity index (χ3n) is 6.26. The first-order valence-electron chi connectivity index (χ1n) is 12.7. The van der Waals surface area contributed by atoms with Gasteiger partial charge in [-0.2, -0.15) is 0 Å².